The maximum absolute atomic E-state index is 12.9. The number of ether oxygens (including phenoxy) is 1. The van der Waals surface area contributed by atoms with Gasteiger partial charge in [0.25, 0.3) is 0 Å². The Morgan fingerprint density at radius 2 is 2.21 bits per heavy atom. The molecule has 5 nitrogen and oxygen atoms in total. The van der Waals surface area contributed by atoms with Crippen LogP contribution in [0.5, 0.6) is 5.75 Å². The molecular weight excluding hydrogens is 345 g/mol. The fourth-order valence-electron chi connectivity index (χ4n) is 2.29. The molecule has 0 spiro atoms. The number of rotatable bonds is 6. The average Bonchev–Trinajstić information content (AvgIpc) is 3.06. The van der Waals surface area contributed by atoms with Gasteiger partial charge < -0.3 is 14.7 Å². The van der Waals surface area contributed by atoms with Crippen LogP contribution in [-0.4, -0.2) is 59.9 Å². The van der Waals surface area contributed by atoms with E-state index in [0.717, 1.165) is 6.07 Å². The van der Waals surface area contributed by atoms with E-state index in [1.54, 1.807) is 18.8 Å². The molecule has 1 heterocycles. The van der Waals surface area contributed by atoms with Gasteiger partial charge in [-0.1, -0.05) is 12.1 Å². The highest BCUT2D eigenvalue weighted by Crippen LogP contribution is 2.35. The van der Waals surface area contributed by atoms with Crippen LogP contribution >= 0.6 is 11.8 Å². The zero-order chi connectivity index (χ0) is 17.7. The van der Waals surface area contributed by atoms with Crippen molar-refractivity contribution in [3.05, 3.63) is 29.8 Å². The first-order valence-electron chi connectivity index (χ1n) is 7.32. The van der Waals surface area contributed by atoms with Crippen molar-refractivity contribution in [1.29, 1.82) is 0 Å². The third-order valence-electron chi connectivity index (χ3n) is 3.50. The van der Waals surface area contributed by atoms with Gasteiger partial charge in [-0.3, -0.25) is 10.1 Å². The van der Waals surface area contributed by atoms with Crippen LogP contribution < -0.4 is 10.1 Å². The molecule has 0 bridgehead atoms. The number of carbonyl (C=O) groups excluding carboxylic acids is 1. The number of thioether (sulfide) groups is 1. The molecule has 1 aromatic rings. The molecule has 2 rings (SSSR count). The Bertz CT molecular complexity index is 565. The maximum Gasteiger partial charge on any atom is 0.419 e. The smallest absolute Gasteiger partial charge is 0.419 e. The molecule has 2 atom stereocenters. The molecule has 1 aliphatic heterocycles. The standard InChI is InChI=1S/C15H19F3N2O3S/c1-20(14(22)12-8-24-9-19-12)6-10(21)7-23-13-5-3-2-4-11(13)15(16,17)18/h2-5,10,12,19,21H,6-9H2,1H3/t10?,12-/m1/s1. The number of amides is 1. The largest absolute Gasteiger partial charge is 0.490 e. The first-order chi connectivity index (χ1) is 11.3. The number of halogens is 3. The van der Waals surface area contributed by atoms with Crippen LogP contribution in [0.15, 0.2) is 24.3 Å². The number of carbonyl (C=O) groups is 1. The zero-order valence-corrected chi connectivity index (χ0v) is 13.9. The van der Waals surface area contributed by atoms with Crippen molar-refractivity contribution < 1.29 is 27.8 Å². The van der Waals surface area contributed by atoms with Crippen molar-refractivity contribution in [2.24, 2.45) is 0 Å². The van der Waals surface area contributed by atoms with Crippen LogP contribution in [0, 0.1) is 0 Å². The van der Waals surface area contributed by atoms with E-state index in [9.17, 15) is 23.1 Å². The fourth-order valence-corrected chi connectivity index (χ4v) is 3.22. The Kier molecular flexibility index (Phi) is 6.36. The minimum absolute atomic E-state index is 0.0180. The summed E-state index contributed by atoms with van der Waals surface area (Å²) in [6.45, 7) is -0.354. The van der Waals surface area contributed by atoms with Crippen LogP contribution in [0.3, 0.4) is 0 Å². The number of hydrogen-bond acceptors (Lipinski definition) is 5. The van der Waals surface area contributed by atoms with Crippen LogP contribution in [0.4, 0.5) is 13.2 Å². The van der Waals surface area contributed by atoms with E-state index < -0.39 is 17.8 Å². The maximum atomic E-state index is 12.9. The van der Waals surface area contributed by atoms with Crippen LogP contribution in [0.2, 0.25) is 0 Å². The quantitative estimate of drug-likeness (QED) is 0.802. The Morgan fingerprint density at radius 3 is 2.83 bits per heavy atom. The first kappa shape index (κ1) is 18.9. The summed E-state index contributed by atoms with van der Waals surface area (Å²) in [6.07, 6.45) is -5.62. The third kappa shape index (κ3) is 5.02. The van der Waals surface area contributed by atoms with Gasteiger partial charge in [0.15, 0.2) is 0 Å². The van der Waals surface area contributed by atoms with E-state index in [-0.39, 0.29) is 30.9 Å². The molecule has 2 N–H and O–H groups in total. The number of nitrogens with zero attached hydrogens (tertiary/aromatic N) is 1. The van der Waals surface area contributed by atoms with Crippen molar-refractivity contribution >= 4 is 17.7 Å². The molecule has 134 valence electrons. The number of aliphatic hydroxyl groups is 1. The zero-order valence-electron chi connectivity index (χ0n) is 13.0. The average molecular weight is 364 g/mol. The highest BCUT2D eigenvalue weighted by atomic mass is 32.2. The molecule has 0 saturated carbocycles. The second-order valence-corrected chi connectivity index (χ2v) is 6.48. The molecular formula is C15H19F3N2O3S. The van der Waals surface area contributed by atoms with E-state index in [2.05, 4.69) is 5.32 Å². The summed E-state index contributed by atoms with van der Waals surface area (Å²) >= 11 is 1.61. The Hall–Kier alpha value is -1.45. The SMILES string of the molecule is CN(CC(O)COc1ccccc1C(F)(F)F)C(=O)[C@H]1CSCN1. The van der Waals surface area contributed by atoms with Gasteiger partial charge in [0.2, 0.25) is 5.91 Å². The molecule has 0 aromatic heterocycles. The normalized spacial score (nSPS) is 19.1. The molecule has 1 fully saturated rings. The van der Waals surface area contributed by atoms with Gasteiger partial charge in [0.1, 0.15) is 18.5 Å². The number of aliphatic hydroxyl groups excluding tert-OH is 1. The van der Waals surface area contributed by atoms with Gasteiger partial charge in [-0.2, -0.15) is 13.2 Å². The molecule has 0 aliphatic carbocycles. The van der Waals surface area contributed by atoms with Gasteiger partial charge in [0, 0.05) is 25.2 Å². The minimum atomic E-state index is -4.53. The second kappa shape index (κ2) is 8.09. The predicted molar refractivity (Wildman–Crippen MR) is 84.8 cm³/mol. The van der Waals surface area contributed by atoms with E-state index in [1.807, 2.05) is 0 Å². The molecule has 24 heavy (non-hydrogen) atoms. The summed E-state index contributed by atoms with van der Waals surface area (Å²) < 4.78 is 43.7. The monoisotopic (exact) mass is 364 g/mol. The van der Waals surface area contributed by atoms with E-state index in [4.69, 9.17) is 4.74 Å². The number of alkyl halides is 3. The van der Waals surface area contributed by atoms with Gasteiger partial charge in [-0.05, 0) is 12.1 Å². The lowest BCUT2D eigenvalue weighted by Gasteiger charge is -2.24. The van der Waals surface area contributed by atoms with Gasteiger partial charge >= 0.3 is 6.18 Å². The molecule has 0 radical (unpaired) electrons. The number of benzene rings is 1. The minimum Gasteiger partial charge on any atom is -0.490 e. The van der Waals surface area contributed by atoms with Crippen LogP contribution in [0.1, 0.15) is 5.56 Å². The summed E-state index contributed by atoms with van der Waals surface area (Å²) in [6, 6.07) is 4.52. The third-order valence-corrected chi connectivity index (χ3v) is 4.44. The summed E-state index contributed by atoms with van der Waals surface area (Å²) in [4.78, 5) is 13.4. The van der Waals surface area contributed by atoms with Crippen LogP contribution in [0.25, 0.3) is 0 Å². The first-order valence-corrected chi connectivity index (χ1v) is 8.47. The number of likely N-dealkylation sites (N-methyl/N-ethyl adjacent to an activating group) is 1. The molecule has 1 aliphatic rings. The predicted octanol–water partition coefficient (Wildman–Crippen LogP) is 1.57. The molecule has 1 amide bonds. The van der Waals surface area contributed by atoms with Gasteiger partial charge in [0.05, 0.1) is 11.6 Å². The summed E-state index contributed by atoms with van der Waals surface area (Å²) in [5.41, 5.74) is -0.895. The van der Waals surface area contributed by atoms with Gasteiger partial charge in [-0.25, -0.2) is 0 Å². The highest BCUT2D eigenvalue weighted by molar-refractivity contribution is 7.99. The van der Waals surface area contributed by atoms with Gasteiger partial charge in [-0.15, -0.1) is 11.8 Å². The van der Waals surface area contributed by atoms with E-state index in [1.165, 1.54) is 23.1 Å². The molecule has 9 heteroatoms. The Labute approximate surface area is 142 Å². The van der Waals surface area contributed by atoms with Crippen LogP contribution in [-0.2, 0) is 11.0 Å². The fraction of sp³-hybridized carbons (Fsp3) is 0.533. The van der Waals surface area contributed by atoms with Crippen molar-refractivity contribution in [2.45, 2.75) is 18.3 Å². The number of hydrogen-bond donors (Lipinski definition) is 2. The molecule has 1 saturated heterocycles. The van der Waals surface area contributed by atoms with E-state index in [0.29, 0.717) is 11.6 Å². The van der Waals surface area contributed by atoms with Crippen molar-refractivity contribution in [1.82, 2.24) is 10.2 Å². The van der Waals surface area contributed by atoms with E-state index >= 15 is 0 Å². The second-order valence-electron chi connectivity index (χ2n) is 5.45. The lowest BCUT2D eigenvalue weighted by atomic mass is 10.2. The molecule has 1 unspecified atom stereocenters. The Morgan fingerprint density at radius 1 is 1.50 bits per heavy atom. The summed E-state index contributed by atoms with van der Waals surface area (Å²) in [5.74, 6) is 0.861. The van der Waals surface area contributed by atoms with Crippen molar-refractivity contribution in [2.75, 3.05) is 31.8 Å². The lowest BCUT2D eigenvalue weighted by Crippen LogP contribution is -2.46. The number of nitrogens with one attached hydrogen (secondary N) is 1. The van der Waals surface area contributed by atoms with Crippen molar-refractivity contribution in [3.63, 3.8) is 0 Å². The Balaban J connectivity index is 1.87. The topological polar surface area (TPSA) is 61.8 Å². The summed E-state index contributed by atoms with van der Waals surface area (Å²) in [7, 11) is 1.54. The highest BCUT2D eigenvalue weighted by Gasteiger charge is 2.34. The summed E-state index contributed by atoms with van der Waals surface area (Å²) in [5, 5.41) is 13.0. The molecule has 1 aromatic carbocycles. The lowest BCUT2D eigenvalue weighted by molar-refractivity contribution is -0.139. The van der Waals surface area contributed by atoms with Crippen molar-refractivity contribution in [3.8, 4) is 5.75 Å². The number of para-hydroxylation sites is 1.